The second-order valence-electron chi connectivity index (χ2n) is 12.9. The predicted molar refractivity (Wildman–Crippen MR) is 208 cm³/mol. The van der Waals surface area contributed by atoms with Crippen molar-refractivity contribution in [1.29, 1.82) is 5.26 Å². The van der Waals surface area contributed by atoms with E-state index in [-0.39, 0.29) is 30.8 Å². The van der Waals surface area contributed by atoms with Crippen molar-refractivity contribution >= 4 is 47.5 Å². The van der Waals surface area contributed by atoms with Gasteiger partial charge in [-0.1, -0.05) is 77.8 Å². The first-order chi connectivity index (χ1) is 25.8. The zero-order valence-electron chi connectivity index (χ0n) is 29.1. The molecule has 2 N–H and O–H groups in total. The SMILES string of the molecule is COC(=O)C(Cc1ccc(-c2ccc(C#N)cc2)cc1)NC(=O)C1Cc2cc3c(cc2CN1)OC(c1ccc(OCc2ccc(Cl)c(Cl)c2)cc1)CO3.Cl. The highest BCUT2D eigenvalue weighted by molar-refractivity contribution is 6.42. The van der Waals surface area contributed by atoms with Gasteiger partial charge in [-0.05, 0) is 93.9 Å². The van der Waals surface area contributed by atoms with Gasteiger partial charge in [0.2, 0.25) is 5.91 Å². The van der Waals surface area contributed by atoms with E-state index in [0.717, 1.165) is 38.9 Å². The number of rotatable bonds is 10. The number of hydrogen-bond acceptors (Lipinski definition) is 8. The molecule has 0 bridgehead atoms. The van der Waals surface area contributed by atoms with Gasteiger partial charge in [0.05, 0.1) is 34.8 Å². The lowest BCUT2D eigenvalue weighted by atomic mass is 9.94. The normalized spacial score (nSPS) is 16.1. The summed E-state index contributed by atoms with van der Waals surface area (Å²) in [5, 5.41) is 16.3. The van der Waals surface area contributed by atoms with Crippen molar-refractivity contribution in [3.8, 4) is 34.4 Å². The molecule has 3 unspecified atom stereocenters. The van der Waals surface area contributed by atoms with Crippen LogP contribution in [0.25, 0.3) is 11.1 Å². The van der Waals surface area contributed by atoms with E-state index in [1.54, 1.807) is 24.3 Å². The van der Waals surface area contributed by atoms with Gasteiger partial charge in [-0.25, -0.2) is 4.79 Å². The maximum absolute atomic E-state index is 13.5. The number of carbonyl (C=O) groups excluding carboxylic acids is 2. The van der Waals surface area contributed by atoms with Crippen molar-refractivity contribution in [2.75, 3.05) is 13.7 Å². The number of amides is 1. The Morgan fingerprint density at radius 1 is 0.889 bits per heavy atom. The van der Waals surface area contributed by atoms with Crippen LogP contribution in [-0.4, -0.2) is 37.7 Å². The van der Waals surface area contributed by atoms with Crippen LogP contribution in [-0.2, 0) is 40.3 Å². The number of benzene rings is 5. The summed E-state index contributed by atoms with van der Waals surface area (Å²) in [4.78, 5) is 26.3. The van der Waals surface area contributed by atoms with Crippen LogP contribution in [0.3, 0.4) is 0 Å². The van der Waals surface area contributed by atoms with Crippen LogP contribution in [0.2, 0.25) is 10.0 Å². The highest BCUT2D eigenvalue weighted by Crippen LogP contribution is 2.40. The Hall–Kier alpha value is -5.24. The maximum Gasteiger partial charge on any atom is 0.328 e. The number of nitrogens with zero attached hydrogens (tertiary/aromatic N) is 1. The van der Waals surface area contributed by atoms with Crippen LogP contribution < -0.4 is 24.8 Å². The number of esters is 1. The van der Waals surface area contributed by atoms with Gasteiger partial charge in [0, 0.05) is 13.0 Å². The first-order valence-electron chi connectivity index (χ1n) is 17.1. The second-order valence-corrected chi connectivity index (χ2v) is 13.7. The summed E-state index contributed by atoms with van der Waals surface area (Å²) in [5.41, 5.74) is 7.27. The summed E-state index contributed by atoms with van der Waals surface area (Å²) in [7, 11) is 1.31. The quantitative estimate of drug-likeness (QED) is 0.137. The van der Waals surface area contributed by atoms with Crippen LogP contribution in [0.15, 0.2) is 103 Å². The average Bonchev–Trinajstić information content (AvgIpc) is 3.20. The highest BCUT2D eigenvalue weighted by atomic mass is 35.5. The summed E-state index contributed by atoms with van der Waals surface area (Å²) in [5.74, 6) is 1.16. The summed E-state index contributed by atoms with van der Waals surface area (Å²) >= 11 is 12.1. The van der Waals surface area contributed by atoms with E-state index < -0.39 is 18.1 Å². The largest absolute Gasteiger partial charge is 0.489 e. The fourth-order valence-corrected chi connectivity index (χ4v) is 6.74. The zero-order valence-corrected chi connectivity index (χ0v) is 31.5. The monoisotopic (exact) mass is 783 g/mol. The molecule has 0 fully saturated rings. The first kappa shape index (κ1) is 38.5. The molecule has 1 amide bonds. The molecule has 0 aliphatic carbocycles. The van der Waals surface area contributed by atoms with Gasteiger partial charge in [-0.3, -0.25) is 4.79 Å². The van der Waals surface area contributed by atoms with E-state index >= 15 is 0 Å². The molecule has 2 aliphatic heterocycles. The Bertz CT molecular complexity index is 2170. The Labute approximate surface area is 329 Å². The van der Waals surface area contributed by atoms with Gasteiger partial charge in [0.15, 0.2) is 17.6 Å². The molecule has 0 saturated carbocycles. The van der Waals surface area contributed by atoms with E-state index in [1.165, 1.54) is 7.11 Å². The van der Waals surface area contributed by atoms with Crippen molar-refractivity contribution in [1.82, 2.24) is 10.6 Å². The lowest BCUT2D eigenvalue weighted by Crippen LogP contribution is -2.53. The number of halogens is 3. The number of ether oxygens (including phenoxy) is 4. The molecule has 0 aromatic heterocycles. The van der Waals surface area contributed by atoms with E-state index in [9.17, 15) is 9.59 Å². The molecular formula is C42H36Cl3N3O6. The third-order valence-electron chi connectivity index (χ3n) is 9.39. The molecule has 7 rings (SSSR count). The fraction of sp³-hybridized carbons (Fsp3) is 0.214. The molecule has 0 saturated heterocycles. The Morgan fingerprint density at radius 2 is 1.57 bits per heavy atom. The third-order valence-corrected chi connectivity index (χ3v) is 10.1. The van der Waals surface area contributed by atoms with Crippen molar-refractivity contribution < 1.29 is 28.5 Å². The predicted octanol–water partition coefficient (Wildman–Crippen LogP) is 7.96. The van der Waals surface area contributed by atoms with Crippen LogP contribution >= 0.6 is 35.6 Å². The second kappa shape index (κ2) is 17.3. The first-order valence-corrected chi connectivity index (χ1v) is 17.8. The zero-order chi connectivity index (χ0) is 36.9. The van der Waals surface area contributed by atoms with Crippen molar-refractivity contribution in [2.24, 2.45) is 0 Å². The third kappa shape index (κ3) is 8.92. The number of nitrogens with one attached hydrogen (secondary N) is 2. The molecular weight excluding hydrogens is 749 g/mol. The van der Waals surface area contributed by atoms with Crippen molar-refractivity contribution in [3.63, 3.8) is 0 Å². The topological polar surface area (TPSA) is 119 Å². The number of hydrogen-bond donors (Lipinski definition) is 2. The minimum Gasteiger partial charge on any atom is -0.489 e. The van der Waals surface area contributed by atoms with E-state index in [2.05, 4.69) is 16.7 Å². The molecule has 0 radical (unpaired) electrons. The molecule has 2 aliphatic rings. The lowest BCUT2D eigenvalue weighted by Gasteiger charge is -2.31. The summed E-state index contributed by atoms with van der Waals surface area (Å²) < 4.78 is 23.5. The molecule has 5 aromatic rings. The minimum atomic E-state index is -0.864. The average molecular weight is 785 g/mol. The number of nitriles is 1. The molecule has 54 heavy (non-hydrogen) atoms. The van der Waals surface area contributed by atoms with Crippen molar-refractivity contribution in [2.45, 2.75) is 44.2 Å². The van der Waals surface area contributed by atoms with Crippen LogP contribution in [0.1, 0.15) is 39.5 Å². The van der Waals surface area contributed by atoms with Gasteiger partial charge >= 0.3 is 5.97 Å². The molecule has 2 heterocycles. The molecule has 276 valence electrons. The number of fused-ring (bicyclic) bond motifs is 2. The Morgan fingerprint density at radius 3 is 2.26 bits per heavy atom. The van der Waals surface area contributed by atoms with Crippen LogP contribution in [0.5, 0.6) is 17.2 Å². The van der Waals surface area contributed by atoms with Gasteiger partial charge < -0.3 is 29.6 Å². The van der Waals surface area contributed by atoms with Gasteiger partial charge in [0.25, 0.3) is 0 Å². The van der Waals surface area contributed by atoms with E-state index in [4.69, 9.17) is 47.4 Å². The number of carbonyl (C=O) groups is 2. The number of methoxy groups -OCH3 is 1. The molecule has 12 heteroatoms. The highest BCUT2D eigenvalue weighted by Gasteiger charge is 2.31. The van der Waals surface area contributed by atoms with Crippen molar-refractivity contribution in [3.05, 3.63) is 147 Å². The van der Waals surface area contributed by atoms with Gasteiger partial charge in [0.1, 0.15) is 25.0 Å². The molecule has 3 atom stereocenters. The van der Waals surface area contributed by atoms with E-state index in [1.807, 2.05) is 78.9 Å². The van der Waals surface area contributed by atoms with E-state index in [0.29, 0.717) is 59.0 Å². The van der Waals surface area contributed by atoms with Gasteiger partial charge in [-0.2, -0.15) is 5.26 Å². The lowest BCUT2D eigenvalue weighted by molar-refractivity contribution is -0.145. The molecule has 0 spiro atoms. The summed E-state index contributed by atoms with van der Waals surface area (Å²) in [6.07, 6.45) is 0.379. The fourth-order valence-electron chi connectivity index (χ4n) is 6.42. The molecule has 5 aromatic carbocycles. The Kier molecular flexibility index (Phi) is 12.3. The molecule has 9 nitrogen and oxygen atoms in total. The maximum atomic E-state index is 13.5. The van der Waals surface area contributed by atoms with Crippen LogP contribution in [0, 0.1) is 11.3 Å². The smallest absolute Gasteiger partial charge is 0.328 e. The van der Waals surface area contributed by atoms with Crippen LogP contribution in [0.4, 0.5) is 0 Å². The van der Waals surface area contributed by atoms with Gasteiger partial charge in [-0.15, -0.1) is 12.4 Å². The Balaban J connectivity index is 0.00000497. The summed E-state index contributed by atoms with van der Waals surface area (Å²) in [6, 6.07) is 32.8. The standard InChI is InChI=1S/C42H35Cl2N3O6.ClH/c1-50-42(49)37(17-25-2-7-28(8-3-25)29-9-4-26(21-45)5-10-29)47-41(48)36-18-31-19-38-39(20-32(31)22-46-36)53-40(24-52-38)30-11-13-33(14-12-30)51-23-27-6-15-34(43)35(44)16-27;/h2-16,19-20,36-37,40,46H,17-18,22-24H2,1H3,(H,47,48);1H. The minimum absolute atomic E-state index is 0. The summed E-state index contributed by atoms with van der Waals surface area (Å²) in [6.45, 7) is 1.13.